The van der Waals surface area contributed by atoms with Gasteiger partial charge in [0.1, 0.15) is 6.04 Å². The normalized spacial score (nSPS) is 41.1. The average molecular weight is 266 g/mol. The molecule has 2 saturated heterocycles. The van der Waals surface area contributed by atoms with Gasteiger partial charge >= 0.3 is 5.97 Å². The van der Waals surface area contributed by atoms with E-state index in [1.54, 1.807) is 0 Å². The predicted octanol–water partition coefficient (Wildman–Crippen LogP) is 1.80. The SMILES string of the molecule is CN1CCCC(N2C(C(=O)O)CC3CCCCC32)C1. The lowest BCUT2D eigenvalue weighted by molar-refractivity contribution is -0.144. The molecule has 1 N–H and O–H groups in total. The Morgan fingerprint density at radius 1 is 1.16 bits per heavy atom. The Labute approximate surface area is 115 Å². The highest BCUT2D eigenvalue weighted by Gasteiger charge is 2.48. The second-order valence-electron chi connectivity index (χ2n) is 6.71. The van der Waals surface area contributed by atoms with E-state index < -0.39 is 5.97 Å². The number of piperidine rings is 1. The van der Waals surface area contributed by atoms with Crippen LogP contribution in [-0.2, 0) is 4.79 Å². The van der Waals surface area contributed by atoms with Gasteiger partial charge in [-0.2, -0.15) is 0 Å². The molecule has 2 aliphatic heterocycles. The molecule has 0 radical (unpaired) electrons. The zero-order valence-electron chi connectivity index (χ0n) is 11.9. The Morgan fingerprint density at radius 3 is 2.68 bits per heavy atom. The summed E-state index contributed by atoms with van der Waals surface area (Å²) in [5, 5.41) is 9.57. The molecule has 3 rings (SSSR count). The van der Waals surface area contributed by atoms with E-state index in [-0.39, 0.29) is 6.04 Å². The second-order valence-corrected chi connectivity index (χ2v) is 6.71. The summed E-state index contributed by atoms with van der Waals surface area (Å²) < 4.78 is 0. The van der Waals surface area contributed by atoms with Gasteiger partial charge < -0.3 is 10.0 Å². The van der Waals surface area contributed by atoms with Crippen LogP contribution >= 0.6 is 0 Å². The highest BCUT2D eigenvalue weighted by atomic mass is 16.4. The zero-order chi connectivity index (χ0) is 13.4. The summed E-state index contributed by atoms with van der Waals surface area (Å²) in [6, 6.07) is 0.795. The highest BCUT2D eigenvalue weighted by Crippen LogP contribution is 2.42. The van der Waals surface area contributed by atoms with E-state index in [4.69, 9.17) is 0 Å². The monoisotopic (exact) mass is 266 g/mol. The minimum atomic E-state index is -0.595. The molecule has 3 aliphatic rings. The van der Waals surface area contributed by atoms with Gasteiger partial charge in [0.2, 0.25) is 0 Å². The molecule has 19 heavy (non-hydrogen) atoms. The van der Waals surface area contributed by atoms with Crippen molar-refractivity contribution < 1.29 is 9.90 Å². The Morgan fingerprint density at radius 2 is 1.95 bits per heavy atom. The number of carboxylic acids is 1. The van der Waals surface area contributed by atoms with Gasteiger partial charge in [0.05, 0.1) is 0 Å². The summed E-state index contributed by atoms with van der Waals surface area (Å²) in [7, 11) is 2.16. The van der Waals surface area contributed by atoms with Crippen LogP contribution in [0.15, 0.2) is 0 Å². The molecule has 108 valence electrons. The predicted molar refractivity (Wildman–Crippen MR) is 74.1 cm³/mol. The van der Waals surface area contributed by atoms with Crippen molar-refractivity contribution >= 4 is 5.97 Å². The molecule has 4 heteroatoms. The van der Waals surface area contributed by atoms with E-state index in [1.165, 1.54) is 38.5 Å². The number of nitrogens with zero attached hydrogens (tertiary/aromatic N) is 2. The number of rotatable bonds is 2. The van der Waals surface area contributed by atoms with Gasteiger partial charge in [-0.1, -0.05) is 12.8 Å². The summed E-state index contributed by atoms with van der Waals surface area (Å²) in [4.78, 5) is 16.4. The highest BCUT2D eigenvalue weighted by molar-refractivity contribution is 5.74. The van der Waals surface area contributed by atoms with Gasteiger partial charge in [-0.05, 0) is 51.6 Å². The Balaban J connectivity index is 1.79. The molecule has 0 bridgehead atoms. The number of likely N-dealkylation sites (N-methyl/N-ethyl adjacent to an activating group) is 1. The van der Waals surface area contributed by atoms with Gasteiger partial charge in [-0.3, -0.25) is 9.69 Å². The maximum absolute atomic E-state index is 11.6. The van der Waals surface area contributed by atoms with E-state index >= 15 is 0 Å². The molecule has 4 unspecified atom stereocenters. The number of likely N-dealkylation sites (tertiary alicyclic amines) is 2. The molecular weight excluding hydrogens is 240 g/mol. The molecule has 0 amide bonds. The molecule has 4 atom stereocenters. The van der Waals surface area contributed by atoms with Crippen molar-refractivity contribution in [1.82, 2.24) is 9.80 Å². The van der Waals surface area contributed by atoms with Crippen molar-refractivity contribution in [2.75, 3.05) is 20.1 Å². The molecule has 2 heterocycles. The van der Waals surface area contributed by atoms with Gasteiger partial charge in [0.15, 0.2) is 0 Å². The number of hydrogen-bond donors (Lipinski definition) is 1. The van der Waals surface area contributed by atoms with E-state index in [2.05, 4.69) is 16.8 Å². The maximum atomic E-state index is 11.6. The van der Waals surface area contributed by atoms with Gasteiger partial charge in [0.25, 0.3) is 0 Å². The molecule has 3 fully saturated rings. The molecule has 0 spiro atoms. The third-order valence-electron chi connectivity index (χ3n) is 5.44. The van der Waals surface area contributed by atoms with Crippen molar-refractivity contribution in [2.45, 2.75) is 63.1 Å². The number of aliphatic carboxylic acids is 1. The van der Waals surface area contributed by atoms with Crippen LogP contribution in [0.4, 0.5) is 0 Å². The largest absolute Gasteiger partial charge is 0.480 e. The van der Waals surface area contributed by atoms with Gasteiger partial charge in [0, 0.05) is 18.6 Å². The fourth-order valence-corrected chi connectivity index (χ4v) is 4.63. The van der Waals surface area contributed by atoms with Crippen LogP contribution in [0.25, 0.3) is 0 Å². The lowest BCUT2D eigenvalue weighted by Crippen LogP contribution is -2.54. The van der Waals surface area contributed by atoms with Crippen LogP contribution < -0.4 is 0 Å². The van der Waals surface area contributed by atoms with Gasteiger partial charge in [-0.15, -0.1) is 0 Å². The minimum Gasteiger partial charge on any atom is -0.480 e. The number of hydrogen-bond acceptors (Lipinski definition) is 3. The minimum absolute atomic E-state index is 0.218. The lowest BCUT2D eigenvalue weighted by Gasteiger charge is -2.42. The standard InChI is InChI=1S/C15H26N2O2/c1-16-8-4-6-12(10-16)17-13-7-3-2-5-11(13)9-14(17)15(18)19/h11-14H,2-10H2,1H3,(H,18,19). The molecule has 0 aromatic heterocycles. The summed E-state index contributed by atoms with van der Waals surface area (Å²) >= 11 is 0. The Bertz CT molecular complexity index is 347. The Kier molecular flexibility index (Phi) is 3.81. The first-order valence-corrected chi connectivity index (χ1v) is 7.85. The van der Waals surface area contributed by atoms with Crippen LogP contribution in [0.3, 0.4) is 0 Å². The quantitative estimate of drug-likeness (QED) is 0.827. The van der Waals surface area contributed by atoms with Crippen LogP contribution in [-0.4, -0.2) is 59.1 Å². The van der Waals surface area contributed by atoms with Gasteiger partial charge in [-0.25, -0.2) is 0 Å². The maximum Gasteiger partial charge on any atom is 0.320 e. The third-order valence-corrected chi connectivity index (χ3v) is 5.44. The first-order chi connectivity index (χ1) is 9.16. The first-order valence-electron chi connectivity index (χ1n) is 7.85. The summed E-state index contributed by atoms with van der Waals surface area (Å²) in [6.07, 6.45) is 8.32. The average Bonchev–Trinajstić information content (AvgIpc) is 2.78. The summed E-state index contributed by atoms with van der Waals surface area (Å²) in [5.41, 5.74) is 0. The summed E-state index contributed by atoms with van der Waals surface area (Å²) in [5.74, 6) is 0.0460. The van der Waals surface area contributed by atoms with Crippen LogP contribution in [0, 0.1) is 5.92 Å². The first kappa shape index (κ1) is 13.4. The number of carbonyl (C=O) groups is 1. The van der Waals surface area contributed by atoms with E-state index in [0.29, 0.717) is 18.0 Å². The van der Waals surface area contributed by atoms with Crippen molar-refractivity contribution in [1.29, 1.82) is 0 Å². The van der Waals surface area contributed by atoms with Crippen LogP contribution in [0.1, 0.15) is 44.9 Å². The molecule has 1 aliphatic carbocycles. The number of fused-ring (bicyclic) bond motifs is 1. The third kappa shape index (κ3) is 2.52. The van der Waals surface area contributed by atoms with Crippen molar-refractivity contribution in [2.24, 2.45) is 5.92 Å². The lowest BCUT2D eigenvalue weighted by atomic mass is 9.84. The van der Waals surface area contributed by atoms with Crippen molar-refractivity contribution in [3.63, 3.8) is 0 Å². The fourth-order valence-electron chi connectivity index (χ4n) is 4.63. The molecule has 4 nitrogen and oxygen atoms in total. The molecule has 1 saturated carbocycles. The molecule has 0 aromatic rings. The van der Waals surface area contributed by atoms with Crippen LogP contribution in [0.5, 0.6) is 0 Å². The Hall–Kier alpha value is -0.610. The molecule has 0 aromatic carbocycles. The van der Waals surface area contributed by atoms with E-state index in [9.17, 15) is 9.90 Å². The zero-order valence-corrected chi connectivity index (χ0v) is 11.9. The fraction of sp³-hybridized carbons (Fsp3) is 0.933. The van der Waals surface area contributed by atoms with Crippen molar-refractivity contribution in [3.8, 4) is 0 Å². The van der Waals surface area contributed by atoms with Crippen LogP contribution in [0.2, 0.25) is 0 Å². The molecular formula is C15H26N2O2. The van der Waals surface area contributed by atoms with Crippen molar-refractivity contribution in [3.05, 3.63) is 0 Å². The number of carboxylic acid groups (broad SMARTS) is 1. The summed E-state index contributed by atoms with van der Waals surface area (Å²) in [6.45, 7) is 2.21. The second kappa shape index (κ2) is 5.41. The smallest absolute Gasteiger partial charge is 0.320 e. The topological polar surface area (TPSA) is 43.8 Å². The van der Waals surface area contributed by atoms with E-state index in [0.717, 1.165) is 19.5 Å². The van der Waals surface area contributed by atoms with E-state index in [1.807, 2.05) is 0 Å².